The first kappa shape index (κ1) is 10.5. The van der Waals surface area contributed by atoms with Crippen molar-refractivity contribution in [2.75, 3.05) is 6.61 Å². The maximum absolute atomic E-state index is 10.7. The van der Waals surface area contributed by atoms with Crippen LogP contribution in [-0.2, 0) is 17.6 Å². The molecule has 0 aliphatic carbocycles. The van der Waals surface area contributed by atoms with Gasteiger partial charge in [-0.1, -0.05) is 15.9 Å². The molecule has 0 saturated heterocycles. The Hall–Kier alpha value is -1.03. The molecule has 4 heteroatoms. The van der Waals surface area contributed by atoms with E-state index in [4.69, 9.17) is 9.84 Å². The molecule has 0 fully saturated rings. The largest absolute Gasteiger partial charge is 0.493 e. The van der Waals surface area contributed by atoms with Crippen molar-refractivity contribution >= 4 is 21.9 Å². The van der Waals surface area contributed by atoms with Gasteiger partial charge in [-0.25, -0.2) is 0 Å². The number of aliphatic carboxylic acids is 1. The zero-order valence-corrected chi connectivity index (χ0v) is 9.71. The predicted molar refractivity (Wildman–Crippen MR) is 59.3 cm³/mol. The SMILES string of the molecule is O=C(O)Cc1cc(Br)cc2c1OCCC2. The lowest BCUT2D eigenvalue weighted by atomic mass is 10.0. The number of carboxylic acids is 1. The lowest BCUT2D eigenvalue weighted by Crippen LogP contribution is -2.12. The molecule has 0 saturated carbocycles. The van der Waals surface area contributed by atoms with Crippen molar-refractivity contribution in [1.29, 1.82) is 0 Å². The van der Waals surface area contributed by atoms with Crippen molar-refractivity contribution in [3.05, 3.63) is 27.7 Å². The molecule has 0 aromatic heterocycles. The minimum atomic E-state index is -0.829. The van der Waals surface area contributed by atoms with Crippen LogP contribution in [0.15, 0.2) is 16.6 Å². The maximum Gasteiger partial charge on any atom is 0.307 e. The second kappa shape index (κ2) is 4.23. The zero-order chi connectivity index (χ0) is 10.8. The molecule has 0 radical (unpaired) electrons. The van der Waals surface area contributed by atoms with Gasteiger partial charge in [0.05, 0.1) is 13.0 Å². The second-order valence-electron chi connectivity index (χ2n) is 3.58. The van der Waals surface area contributed by atoms with Crippen molar-refractivity contribution in [3.8, 4) is 5.75 Å². The summed E-state index contributed by atoms with van der Waals surface area (Å²) in [5.74, 6) is -0.0590. The topological polar surface area (TPSA) is 46.5 Å². The van der Waals surface area contributed by atoms with E-state index in [0.717, 1.165) is 34.2 Å². The summed E-state index contributed by atoms with van der Waals surface area (Å²) >= 11 is 3.38. The summed E-state index contributed by atoms with van der Waals surface area (Å²) in [5, 5.41) is 8.79. The minimum Gasteiger partial charge on any atom is -0.493 e. The third kappa shape index (κ3) is 2.31. The number of halogens is 1. The van der Waals surface area contributed by atoms with Gasteiger partial charge in [-0.2, -0.15) is 0 Å². The maximum atomic E-state index is 10.7. The van der Waals surface area contributed by atoms with Crippen LogP contribution in [0.25, 0.3) is 0 Å². The summed E-state index contributed by atoms with van der Waals surface area (Å²) in [6.45, 7) is 0.682. The molecule has 0 unspecified atom stereocenters. The smallest absolute Gasteiger partial charge is 0.307 e. The monoisotopic (exact) mass is 270 g/mol. The standard InChI is InChI=1S/C11H11BrO3/c12-9-4-7-2-1-3-15-11(7)8(5-9)6-10(13)14/h4-5H,1-3,6H2,(H,13,14). The first-order valence-corrected chi connectivity index (χ1v) is 5.62. The molecule has 1 N–H and O–H groups in total. The van der Waals surface area contributed by atoms with Gasteiger partial charge in [0.15, 0.2) is 0 Å². The Morgan fingerprint density at radius 3 is 3.07 bits per heavy atom. The van der Waals surface area contributed by atoms with E-state index in [9.17, 15) is 4.79 Å². The van der Waals surface area contributed by atoms with E-state index >= 15 is 0 Å². The molecule has 0 atom stereocenters. The molecule has 2 rings (SSSR count). The molecule has 1 aliphatic rings. The van der Waals surface area contributed by atoms with Gasteiger partial charge < -0.3 is 9.84 Å². The lowest BCUT2D eigenvalue weighted by Gasteiger charge is -2.20. The van der Waals surface area contributed by atoms with E-state index in [-0.39, 0.29) is 6.42 Å². The van der Waals surface area contributed by atoms with Gasteiger partial charge in [0.25, 0.3) is 0 Å². The van der Waals surface area contributed by atoms with Crippen LogP contribution in [0.4, 0.5) is 0 Å². The van der Waals surface area contributed by atoms with Gasteiger partial charge in [0, 0.05) is 10.0 Å². The highest BCUT2D eigenvalue weighted by molar-refractivity contribution is 9.10. The normalized spacial score (nSPS) is 14.2. The molecule has 3 nitrogen and oxygen atoms in total. The fraction of sp³-hybridized carbons (Fsp3) is 0.364. The first-order valence-electron chi connectivity index (χ1n) is 4.82. The van der Waals surface area contributed by atoms with Gasteiger partial charge in [-0.15, -0.1) is 0 Å². The molecule has 1 aromatic carbocycles. The van der Waals surface area contributed by atoms with E-state index in [1.165, 1.54) is 0 Å². The average Bonchev–Trinajstić information content (AvgIpc) is 2.16. The molecule has 1 aromatic rings. The van der Waals surface area contributed by atoms with Gasteiger partial charge >= 0.3 is 5.97 Å². The molecule has 80 valence electrons. The molecule has 15 heavy (non-hydrogen) atoms. The Morgan fingerprint density at radius 1 is 1.53 bits per heavy atom. The van der Waals surface area contributed by atoms with Crippen molar-refractivity contribution in [2.45, 2.75) is 19.3 Å². The van der Waals surface area contributed by atoms with E-state index in [1.807, 2.05) is 12.1 Å². The zero-order valence-electron chi connectivity index (χ0n) is 8.12. The number of carboxylic acid groups (broad SMARTS) is 1. The number of aryl methyl sites for hydroxylation is 1. The number of rotatable bonds is 2. The Kier molecular flexibility index (Phi) is 2.95. The van der Waals surface area contributed by atoms with Gasteiger partial charge in [-0.05, 0) is 30.5 Å². The van der Waals surface area contributed by atoms with Crippen molar-refractivity contribution < 1.29 is 14.6 Å². The van der Waals surface area contributed by atoms with E-state index in [1.54, 1.807) is 0 Å². The first-order chi connectivity index (χ1) is 7.16. The summed E-state index contributed by atoms with van der Waals surface area (Å²) in [5.41, 5.74) is 1.86. The third-order valence-electron chi connectivity index (χ3n) is 2.39. The third-order valence-corrected chi connectivity index (χ3v) is 2.84. The number of benzene rings is 1. The highest BCUT2D eigenvalue weighted by Gasteiger charge is 2.17. The van der Waals surface area contributed by atoms with Crippen LogP contribution in [0.3, 0.4) is 0 Å². The number of carbonyl (C=O) groups is 1. The quantitative estimate of drug-likeness (QED) is 0.898. The highest BCUT2D eigenvalue weighted by atomic mass is 79.9. The van der Waals surface area contributed by atoms with Gasteiger partial charge in [0.2, 0.25) is 0 Å². The van der Waals surface area contributed by atoms with Gasteiger partial charge in [0.1, 0.15) is 5.75 Å². The van der Waals surface area contributed by atoms with Crippen molar-refractivity contribution in [1.82, 2.24) is 0 Å². The summed E-state index contributed by atoms with van der Waals surface area (Å²) in [7, 11) is 0. The molecular formula is C11H11BrO3. The van der Waals surface area contributed by atoms with Crippen LogP contribution in [0.2, 0.25) is 0 Å². The van der Waals surface area contributed by atoms with Crippen LogP contribution in [-0.4, -0.2) is 17.7 Å². The summed E-state index contributed by atoms with van der Waals surface area (Å²) in [6.07, 6.45) is 1.97. The van der Waals surface area contributed by atoms with E-state index in [2.05, 4.69) is 15.9 Å². The minimum absolute atomic E-state index is 0.0156. The van der Waals surface area contributed by atoms with E-state index in [0.29, 0.717) is 6.61 Å². The number of hydrogen-bond donors (Lipinski definition) is 1. The average molecular weight is 271 g/mol. The number of hydrogen-bond acceptors (Lipinski definition) is 2. The Balaban J connectivity index is 2.43. The van der Waals surface area contributed by atoms with Crippen molar-refractivity contribution in [2.24, 2.45) is 0 Å². The van der Waals surface area contributed by atoms with Crippen molar-refractivity contribution in [3.63, 3.8) is 0 Å². The van der Waals surface area contributed by atoms with Gasteiger partial charge in [-0.3, -0.25) is 4.79 Å². The van der Waals surface area contributed by atoms with Crippen LogP contribution in [0, 0.1) is 0 Å². The second-order valence-corrected chi connectivity index (χ2v) is 4.49. The highest BCUT2D eigenvalue weighted by Crippen LogP contribution is 2.32. The molecule has 0 amide bonds. The Morgan fingerprint density at radius 2 is 2.33 bits per heavy atom. The molecule has 1 heterocycles. The van der Waals surface area contributed by atoms with E-state index < -0.39 is 5.97 Å². The fourth-order valence-corrected chi connectivity index (χ4v) is 2.37. The molecule has 0 bridgehead atoms. The molecule has 0 spiro atoms. The Bertz CT molecular complexity index is 401. The Labute approximate surface area is 96.2 Å². The van der Waals surface area contributed by atoms with Crippen LogP contribution in [0.1, 0.15) is 17.5 Å². The lowest BCUT2D eigenvalue weighted by molar-refractivity contribution is -0.136. The molecule has 1 aliphatic heterocycles. The predicted octanol–water partition coefficient (Wildman–Crippen LogP) is 2.40. The summed E-state index contributed by atoms with van der Waals surface area (Å²) in [4.78, 5) is 10.7. The van der Waals surface area contributed by atoms with Crippen LogP contribution in [0.5, 0.6) is 5.75 Å². The number of ether oxygens (including phenoxy) is 1. The summed E-state index contributed by atoms with van der Waals surface area (Å²) in [6, 6.07) is 3.82. The number of fused-ring (bicyclic) bond motifs is 1. The van der Waals surface area contributed by atoms with Crippen LogP contribution >= 0.6 is 15.9 Å². The molecular weight excluding hydrogens is 260 g/mol. The summed E-state index contributed by atoms with van der Waals surface area (Å²) < 4.78 is 6.45. The van der Waals surface area contributed by atoms with Crippen LogP contribution < -0.4 is 4.74 Å². The fourth-order valence-electron chi connectivity index (χ4n) is 1.81.